The van der Waals surface area contributed by atoms with Gasteiger partial charge in [0, 0.05) is 21.5 Å². The van der Waals surface area contributed by atoms with E-state index in [1.165, 1.54) is 0 Å². The van der Waals surface area contributed by atoms with Crippen molar-refractivity contribution in [3.05, 3.63) is 27.7 Å². The van der Waals surface area contributed by atoms with Crippen molar-refractivity contribution >= 4 is 39.1 Å². The number of rotatable bonds is 3. The van der Waals surface area contributed by atoms with E-state index in [9.17, 15) is 4.79 Å². The molecule has 1 amide bonds. The fourth-order valence-corrected chi connectivity index (χ4v) is 2.88. The Bertz CT molecular complexity index is 458. The van der Waals surface area contributed by atoms with Crippen LogP contribution in [0, 0.1) is 0 Å². The van der Waals surface area contributed by atoms with Crippen LogP contribution in [0.25, 0.3) is 0 Å². The van der Waals surface area contributed by atoms with Crippen LogP contribution in [-0.2, 0) is 4.79 Å². The highest BCUT2D eigenvalue weighted by molar-refractivity contribution is 9.10. The van der Waals surface area contributed by atoms with E-state index >= 15 is 0 Å². The molecule has 1 aromatic carbocycles. The van der Waals surface area contributed by atoms with E-state index in [1.54, 1.807) is 12.1 Å². The molecule has 0 heterocycles. The predicted molar refractivity (Wildman–Crippen MR) is 77.8 cm³/mol. The van der Waals surface area contributed by atoms with Gasteiger partial charge in [-0.2, -0.15) is 0 Å². The summed E-state index contributed by atoms with van der Waals surface area (Å²) in [6.45, 7) is 0. The minimum absolute atomic E-state index is 0.0534. The molecule has 1 saturated carbocycles. The van der Waals surface area contributed by atoms with Crippen LogP contribution in [0.3, 0.4) is 0 Å². The number of carbonyl (C=O) groups excluding carboxylic acids is 1. The van der Waals surface area contributed by atoms with Gasteiger partial charge in [-0.05, 0) is 47.0 Å². The van der Waals surface area contributed by atoms with E-state index in [0.29, 0.717) is 17.1 Å². The van der Waals surface area contributed by atoms with E-state index in [2.05, 4.69) is 21.2 Å². The van der Waals surface area contributed by atoms with E-state index < -0.39 is 0 Å². The fourth-order valence-electron chi connectivity index (χ4n) is 2.36. The lowest BCUT2D eigenvalue weighted by Gasteiger charge is -2.22. The second-order valence-corrected chi connectivity index (χ2v) is 6.21. The molecule has 0 atom stereocenters. The van der Waals surface area contributed by atoms with Gasteiger partial charge in [-0.1, -0.05) is 24.4 Å². The van der Waals surface area contributed by atoms with Crippen molar-refractivity contribution in [2.24, 2.45) is 5.73 Å². The summed E-state index contributed by atoms with van der Waals surface area (Å²) in [5, 5.41) is 3.45. The van der Waals surface area contributed by atoms with Crippen LogP contribution >= 0.6 is 27.5 Å². The summed E-state index contributed by atoms with van der Waals surface area (Å²) in [6, 6.07) is 5.30. The number of halogens is 2. The molecule has 2 rings (SSSR count). The highest BCUT2D eigenvalue weighted by Gasteiger charge is 2.31. The minimum atomic E-state index is -0.324. The van der Waals surface area contributed by atoms with Gasteiger partial charge in [0.25, 0.3) is 0 Å². The van der Waals surface area contributed by atoms with E-state index in [-0.39, 0.29) is 11.4 Å². The van der Waals surface area contributed by atoms with Crippen molar-refractivity contribution in [2.45, 2.75) is 37.6 Å². The molecule has 3 N–H and O–H groups in total. The number of anilines is 1. The monoisotopic (exact) mass is 330 g/mol. The summed E-state index contributed by atoms with van der Waals surface area (Å²) in [6.07, 6.45) is 4.45. The molecule has 1 aliphatic carbocycles. The van der Waals surface area contributed by atoms with Gasteiger partial charge in [-0.15, -0.1) is 0 Å². The maximum atomic E-state index is 12.0. The van der Waals surface area contributed by atoms with E-state index in [1.807, 2.05) is 6.07 Å². The minimum Gasteiger partial charge on any atom is -0.325 e. The Morgan fingerprint density at radius 1 is 1.44 bits per heavy atom. The van der Waals surface area contributed by atoms with Crippen LogP contribution in [0.5, 0.6) is 0 Å². The molecule has 5 heteroatoms. The van der Waals surface area contributed by atoms with Crippen LogP contribution in [0.2, 0.25) is 5.02 Å². The SMILES string of the molecule is NC1(CC(=O)Nc2cc(Cl)ccc2Br)CCCC1. The smallest absolute Gasteiger partial charge is 0.226 e. The molecule has 0 aliphatic heterocycles. The van der Waals surface area contributed by atoms with Crippen LogP contribution in [-0.4, -0.2) is 11.4 Å². The molecule has 1 aliphatic rings. The van der Waals surface area contributed by atoms with Gasteiger partial charge >= 0.3 is 0 Å². The van der Waals surface area contributed by atoms with Crippen molar-refractivity contribution in [1.29, 1.82) is 0 Å². The molecule has 1 aromatic rings. The van der Waals surface area contributed by atoms with Crippen molar-refractivity contribution in [3.8, 4) is 0 Å². The normalized spacial score (nSPS) is 17.7. The standard InChI is InChI=1S/C13H16BrClN2O/c14-10-4-3-9(15)7-11(10)17-12(18)8-13(16)5-1-2-6-13/h3-4,7H,1-2,5-6,8,16H2,(H,17,18). The van der Waals surface area contributed by atoms with Gasteiger partial charge in [0.05, 0.1) is 5.69 Å². The van der Waals surface area contributed by atoms with E-state index in [0.717, 1.165) is 30.2 Å². The Kier molecular flexibility index (Phi) is 4.30. The van der Waals surface area contributed by atoms with Crippen LogP contribution in [0.1, 0.15) is 32.1 Å². The van der Waals surface area contributed by atoms with Gasteiger partial charge in [0.2, 0.25) is 5.91 Å². The Labute approximate surface area is 120 Å². The average molecular weight is 332 g/mol. The zero-order valence-corrected chi connectivity index (χ0v) is 12.4. The highest BCUT2D eigenvalue weighted by atomic mass is 79.9. The molecular weight excluding hydrogens is 316 g/mol. The Morgan fingerprint density at radius 2 is 2.11 bits per heavy atom. The first-order valence-electron chi connectivity index (χ1n) is 6.02. The third-order valence-corrected chi connectivity index (χ3v) is 4.24. The van der Waals surface area contributed by atoms with Crippen molar-refractivity contribution in [3.63, 3.8) is 0 Å². The third-order valence-electron chi connectivity index (χ3n) is 3.31. The zero-order valence-electron chi connectivity index (χ0n) is 10.0. The van der Waals surface area contributed by atoms with E-state index in [4.69, 9.17) is 17.3 Å². The highest BCUT2D eigenvalue weighted by Crippen LogP contribution is 2.31. The number of nitrogens with two attached hydrogens (primary N) is 1. The van der Waals surface area contributed by atoms with Gasteiger partial charge < -0.3 is 11.1 Å². The quantitative estimate of drug-likeness (QED) is 0.887. The number of carbonyl (C=O) groups is 1. The number of benzene rings is 1. The maximum absolute atomic E-state index is 12.0. The summed E-state index contributed by atoms with van der Waals surface area (Å²) in [4.78, 5) is 12.0. The molecule has 0 aromatic heterocycles. The maximum Gasteiger partial charge on any atom is 0.226 e. The first-order valence-corrected chi connectivity index (χ1v) is 7.19. The first-order chi connectivity index (χ1) is 8.48. The van der Waals surface area contributed by atoms with Gasteiger partial charge in [0.15, 0.2) is 0 Å². The summed E-state index contributed by atoms with van der Waals surface area (Å²) in [7, 11) is 0. The van der Waals surface area contributed by atoms with Crippen LogP contribution < -0.4 is 11.1 Å². The summed E-state index contributed by atoms with van der Waals surface area (Å²) in [5.74, 6) is -0.0534. The molecule has 3 nitrogen and oxygen atoms in total. The first kappa shape index (κ1) is 13.8. The second kappa shape index (κ2) is 5.59. The molecule has 0 unspecified atom stereocenters. The lowest BCUT2D eigenvalue weighted by Crippen LogP contribution is -2.40. The van der Waals surface area contributed by atoms with Crippen molar-refractivity contribution in [2.75, 3.05) is 5.32 Å². The lowest BCUT2D eigenvalue weighted by molar-refractivity contribution is -0.117. The topological polar surface area (TPSA) is 55.1 Å². The van der Waals surface area contributed by atoms with Crippen molar-refractivity contribution in [1.82, 2.24) is 0 Å². The second-order valence-electron chi connectivity index (χ2n) is 4.92. The van der Waals surface area contributed by atoms with Gasteiger partial charge in [-0.3, -0.25) is 4.79 Å². The molecule has 0 radical (unpaired) electrons. The number of nitrogens with one attached hydrogen (secondary N) is 1. The molecule has 18 heavy (non-hydrogen) atoms. The van der Waals surface area contributed by atoms with Crippen LogP contribution in [0.15, 0.2) is 22.7 Å². The Balaban J connectivity index is 2.00. The number of hydrogen-bond acceptors (Lipinski definition) is 2. The fraction of sp³-hybridized carbons (Fsp3) is 0.462. The number of hydrogen-bond donors (Lipinski definition) is 2. The molecule has 1 fully saturated rings. The van der Waals surface area contributed by atoms with Crippen LogP contribution in [0.4, 0.5) is 5.69 Å². The molecule has 98 valence electrons. The van der Waals surface area contributed by atoms with Gasteiger partial charge in [-0.25, -0.2) is 0 Å². The average Bonchev–Trinajstić information content (AvgIpc) is 2.70. The Morgan fingerprint density at radius 3 is 2.78 bits per heavy atom. The summed E-state index contributed by atoms with van der Waals surface area (Å²) in [5.41, 5.74) is 6.55. The Hall–Kier alpha value is -0.580. The summed E-state index contributed by atoms with van der Waals surface area (Å²) < 4.78 is 0.817. The molecule has 0 spiro atoms. The third kappa shape index (κ3) is 3.46. The van der Waals surface area contributed by atoms with Crippen molar-refractivity contribution < 1.29 is 4.79 Å². The summed E-state index contributed by atoms with van der Waals surface area (Å²) >= 11 is 9.28. The zero-order chi connectivity index (χ0) is 13.2. The molecule has 0 bridgehead atoms. The molecule has 0 saturated heterocycles. The molecular formula is C13H16BrClN2O. The lowest BCUT2D eigenvalue weighted by atomic mass is 9.94. The number of amides is 1. The largest absolute Gasteiger partial charge is 0.325 e. The van der Waals surface area contributed by atoms with Gasteiger partial charge in [0.1, 0.15) is 0 Å². The predicted octanol–water partition coefficient (Wildman–Crippen LogP) is 3.70.